The van der Waals surface area contributed by atoms with E-state index < -0.39 is 0 Å². The molecule has 0 N–H and O–H groups in total. The number of esters is 3. The molecule has 7 nitrogen and oxygen atoms in total. The molecular weight excluding hydrogens is 376 g/mol. The van der Waals surface area contributed by atoms with Crippen LogP contribution in [0.5, 0.6) is 5.75 Å². The second kappa shape index (κ2) is 8.27. The predicted octanol–water partition coefficient (Wildman–Crippen LogP) is 4.10. The smallest absolute Gasteiger partial charge is 0.311 e. The van der Waals surface area contributed by atoms with Crippen molar-refractivity contribution in [3.05, 3.63) is 28.5 Å². The lowest BCUT2D eigenvalue weighted by atomic mass is 9.78. The molecule has 0 aliphatic heterocycles. The number of hydrogen-bond donors (Lipinski definition) is 0. The van der Waals surface area contributed by atoms with E-state index in [-0.39, 0.29) is 43.0 Å². The zero-order valence-electron chi connectivity index (χ0n) is 17.4. The van der Waals surface area contributed by atoms with E-state index in [0.717, 1.165) is 27.6 Å². The first-order chi connectivity index (χ1) is 13.7. The molecule has 3 rings (SSSR count). The standard InChI is InChI=1S/C22H26O7/c1-6-18(25)29-21-16-8-15(28-14(5)24)7-11(2)19(16)17(10-26-13(4)23)20-12(3)9-27-22(20)21/h9,11,15H,6-8,10H2,1-5H3/t11-,15-/m0/s1. The number of furan rings is 1. The van der Waals surface area contributed by atoms with E-state index in [1.54, 1.807) is 13.2 Å². The van der Waals surface area contributed by atoms with Gasteiger partial charge in [0.05, 0.1) is 6.26 Å². The summed E-state index contributed by atoms with van der Waals surface area (Å²) in [6, 6.07) is 0. The van der Waals surface area contributed by atoms with E-state index in [1.807, 2.05) is 13.8 Å². The molecule has 1 aliphatic rings. The summed E-state index contributed by atoms with van der Waals surface area (Å²) in [5, 5.41) is 0.793. The zero-order valence-corrected chi connectivity index (χ0v) is 17.4. The van der Waals surface area contributed by atoms with Gasteiger partial charge in [-0.25, -0.2) is 0 Å². The van der Waals surface area contributed by atoms with Crippen molar-refractivity contribution in [1.82, 2.24) is 0 Å². The van der Waals surface area contributed by atoms with Crippen molar-refractivity contribution in [2.24, 2.45) is 0 Å². The van der Waals surface area contributed by atoms with E-state index in [2.05, 4.69) is 0 Å². The van der Waals surface area contributed by atoms with Gasteiger partial charge in [0.1, 0.15) is 12.7 Å². The highest BCUT2D eigenvalue weighted by Crippen LogP contribution is 2.46. The molecule has 2 aromatic rings. The summed E-state index contributed by atoms with van der Waals surface area (Å²) in [4.78, 5) is 35.1. The molecule has 0 saturated heterocycles. The van der Waals surface area contributed by atoms with E-state index in [0.29, 0.717) is 24.2 Å². The van der Waals surface area contributed by atoms with Crippen LogP contribution >= 0.6 is 0 Å². The fourth-order valence-electron chi connectivity index (χ4n) is 4.13. The summed E-state index contributed by atoms with van der Waals surface area (Å²) in [5.74, 6) is -0.738. The summed E-state index contributed by atoms with van der Waals surface area (Å²) in [6.07, 6.45) is 2.51. The lowest BCUT2D eigenvalue weighted by molar-refractivity contribution is -0.147. The summed E-state index contributed by atoms with van der Waals surface area (Å²) in [7, 11) is 0. The Bertz CT molecular complexity index is 969. The number of hydrogen-bond acceptors (Lipinski definition) is 7. The lowest BCUT2D eigenvalue weighted by Gasteiger charge is -2.32. The van der Waals surface area contributed by atoms with Gasteiger partial charge in [-0.15, -0.1) is 0 Å². The topological polar surface area (TPSA) is 92.0 Å². The molecule has 29 heavy (non-hydrogen) atoms. The van der Waals surface area contributed by atoms with Crippen LogP contribution in [0.3, 0.4) is 0 Å². The molecule has 0 fully saturated rings. The highest BCUT2D eigenvalue weighted by Gasteiger charge is 2.35. The number of benzene rings is 1. The van der Waals surface area contributed by atoms with Crippen LogP contribution in [0.1, 0.15) is 68.7 Å². The molecule has 1 heterocycles. The van der Waals surface area contributed by atoms with Gasteiger partial charge in [0.2, 0.25) is 0 Å². The summed E-state index contributed by atoms with van der Waals surface area (Å²) >= 11 is 0. The largest absolute Gasteiger partial charge is 0.462 e. The summed E-state index contributed by atoms with van der Waals surface area (Å²) in [6.45, 7) is 8.49. The first-order valence-corrected chi connectivity index (χ1v) is 9.79. The fraction of sp³-hybridized carbons (Fsp3) is 0.500. The van der Waals surface area contributed by atoms with Crippen molar-refractivity contribution in [3.63, 3.8) is 0 Å². The van der Waals surface area contributed by atoms with Gasteiger partial charge >= 0.3 is 17.9 Å². The predicted molar refractivity (Wildman–Crippen MR) is 105 cm³/mol. The van der Waals surface area contributed by atoms with Crippen LogP contribution in [-0.2, 0) is 36.9 Å². The number of fused-ring (bicyclic) bond motifs is 2. The molecule has 156 valence electrons. The highest BCUT2D eigenvalue weighted by molar-refractivity contribution is 5.94. The van der Waals surface area contributed by atoms with Crippen LogP contribution in [0.2, 0.25) is 0 Å². The first kappa shape index (κ1) is 20.9. The molecule has 2 atom stereocenters. The number of rotatable bonds is 5. The number of carbonyl (C=O) groups excluding carboxylic acids is 3. The Labute approximate surface area is 169 Å². The Morgan fingerprint density at radius 2 is 1.93 bits per heavy atom. The second-order valence-electron chi connectivity index (χ2n) is 7.50. The van der Waals surface area contributed by atoms with Gasteiger partial charge in [-0.2, -0.15) is 0 Å². The second-order valence-corrected chi connectivity index (χ2v) is 7.50. The van der Waals surface area contributed by atoms with E-state index in [9.17, 15) is 14.4 Å². The van der Waals surface area contributed by atoms with Gasteiger partial charge in [-0.3, -0.25) is 14.4 Å². The zero-order chi connectivity index (χ0) is 21.3. The number of ether oxygens (including phenoxy) is 3. The van der Waals surface area contributed by atoms with Gasteiger partial charge in [-0.1, -0.05) is 13.8 Å². The minimum absolute atomic E-state index is 0.00596. The van der Waals surface area contributed by atoms with Gasteiger partial charge in [0, 0.05) is 43.2 Å². The Morgan fingerprint density at radius 3 is 2.55 bits per heavy atom. The van der Waals surface area contributed by atoms with Gasteiger partial charge in [0.15, 0.2) is 11.3 Å². The molecule has 0 spiro atoms. The minimum Gasteiger partial charge on any atom is -0.462 e. The Balaban J connectivity index is 2.25. The molecule has 7 heteroatoms. The first-order valence-electron chi connectivity index (χ1n) is 9.79. The number of aryl methyl sites for hydroxylation is 1. The van der Waals surface area contributed by atoms with Crippen molar-refractivity contribution in [3.8, 4) is 5.75 Å². The van der Waals surface area contributed by atoms with Crippen LogP contribution in [0.15, 0.2) is 10.7 Å². The summed E-state index contributed by atoms with van der Waals surface area (Å²) in [5.41, 5.74) is 3.89. The van der Waals surface area contributed by atoms with Crippen molar-refractivity contribution in [2.45, 2.75) is 72.5 Å². The highest BCUT2D eigenvalue weighted by atomic mass is 16.5. The maximum absolute atomic E-state index is 12.1. The average molecular weight is 402 g/mol. The Hall–Kier alpha value is -2.83. The van der Waals surface area contributed by atoms with Gasteiger partial charge in [0.25, 0.3) is 0 Å². The number of carbonyl (C=O) groups is 3. The van der Waals surface area contributed by atoms with Crippen LogP contribution in [0.25, 0.3) is 11.0 Å². The quantitative estimate of drug-likeness (QED) is 0.549. The van der Waals surface area contributed by atoms with E-state index in [4.69, 9.17) is 18.6 Å². The molecule has 0 amide bonds. The van der Waals surface area contributed by atoms with E-state index in [1.165, 1.54) is 13.8 Å². The maximum Gasteiger partial charge on any atom is 0.311 e. The lowest BCUT2D eigenvalue weighted by Crippen LogP contribution is -2.28. The molecule has 1 aromatic heterocycles. The minimum atomic E-state index is -0.379. The van der Waals surface area contributed by atoms with Crippen molar-refractivity contribution in [2.75, 3.05) is 0 Å². The van der Waals surface area contributed by atoms with Gasteiger partial charge < -0.3 is 18.6 Å². The molecule has 0 radical (unpaired) electrons. The third-order valence-corrected chi connectivity index (χ3v) is 5.21. The Kier molecular flexibility index (Phi) is 5.96. The third kappa shape index (κ3) is 4.13. The van der Waals surface area contributed by atoms with Gasteiger partial charge in [-0.05, 0) is 30.4 Å². The molecule has 1 aliphatic carbocycles. The van der Waals surface area contributed by atoms with Crippen LogP contribution in [0, 0.1) is 6.92 Å². The summed E-state index contributed by atoms with van der Waals surface area (Å²) < 4.78 is 22.3. The average Bonchev–Trinajstić information content (AvgIpc) is 3.02. The van der Waals surface area contributed by atoms with Crippen LogP contribution in [0.4, 0.5) is 0 Å². The molecule has 0 bridgehead atoms. The van der Waals surface area contributed by atoms with E-state index >= 15 is 0 Å². The van der Waals surface area contributed by atoms with Crippen LogP contribution in [-0.4, -0.2) is 24.0 Å². The molecule has 0 saturated carbocycles. The van der Waals surface area contributed by atoms with Crippen molar-refractivity contribution < 1.29 is 33.0 Å². The van der Waals surface area contributed by atoms with Crippen LogP contribution < -0.4 is 4.74 Å². The fourth-order valence-corrected chi connectivity index (χ4v) is 4.13. The molecule has 0 unspecified atom stereocenters. The molecule has 1 aromatic carbocycles. The van der Waals surface area contributed by atoms with Crippen molar-refractivity contribution >= 4 is 28.9 Å². The SMILES string of the molecule is CCC(=O)Oc1c2c(c(COC(C)=O)c3c(C)coc13)[C@@H](C)C[C@H](OC(C)=O)C2. The normalized spacial score (nSPS) is 18.2. The van der Waals surface area contributed by atoms with Crippen molar-refractivity contribution in [1.29, 1.82) is 0 Å². The Morgan fingerprint density at radius 1 is 1.21 bits per heavy atom. The monoisotopic (exact) mass is 402 g/mol. The maximum atomic E-state index is 12.1. The third-order valence-electron chi connectivity index (χ3n) is 5.21. The molecular formula is C22H26O7.